The van der Waals surface area contributed by atoms with Crippen molar-refractivity contribution in [1.29, 1.82) is 0 Å². The van der Waals surface area contributed by atoms with Gasteiger partial charge < -0.3 is 48.4 Å². The normalized spacial score (nSPS) is 13.8. The second kappa shape index (κ2) is 26.1. The number of rotatable bonds is 16. The molecule has 4 aromatic heterocycles. The molecular formula is C65H53F10N7O15S2. The summed E-state index contributed by atoms with van der Waals surface area (Å²) in [5.41, 5.74) is -0.314. The molecule has 0 radical (unpaired) electrons. The first-order chi connectivity index (χ1) is 46.3. The number of nitrogens with one attached hydrogen (secondary N) is 1. The number of ether oxygens (including phenoxy) is 4. The maximum atomic E-state index is 15.2. The van der Waals surface area contributed by atoms with Crippen molar-refractivity contribution in [3.05, 3.63) is 155 Å². The van der Waals surface area contributed by atoms with Crippen molar-refractivity contribution < 1.29 is 113 Å². The number of fused-ring (bicyclic) bond motifs is 2. The number of oxazole rings is 2. The number of benzene rings is 6. The van der Waals surface area contributed by atoms with Crippen LogP contribution in [0.1, 0.15) is 41.2 Å². The molecule has 1 amide bonds. The van der Waals surface area contributed by atoms with Crippen LogP contribution in [0.5, 0.6) is 23.0 Å². The van der Waals surface area contributed by atoms with E-state index in [9.17, 15) is 71.8 Å². The van der Waals surface area contributed by atoms with Crippen molar-refractivity contribution >= 4 is 31.4 Å². The highest BCUT2D eigenvalue weighted by Crippen LogP contribution is 2.49. The number of hydrogen-bond acceptors (Lipinski definition) is 19. The first kappa shape index (κ1) is 71.4. The van der Waals surface area contributed by atoms with Gasteiger partial charge in [0.1, 0.15) is 34.4 Å². The number of aromatic nitrogens is 6. The number of aliphatic hydroxyl groups is 3. The lowest BCUT2D eigenvalue weighted by molar-refractivity contribution is -0.287. The second-order valence-electron chi connectivity index (χ2n) is 22.1. The number of hydrogen-bond donors (Lipinski definition) is 4. The van der Waals surface area contributed by atoms with Crippen LogP contribution in [-0.2, 0) is 68.4 Å². The van der Waals surface area contributed by atoms with E-state index in [0.29, 0.717) is 0 Å². The van der Waals surface area contributed by atoms with Crippen LogP contribution in [0.3, 0.4) is 0 Å². The van der Waals surface area contributed by atoms with Crippen molar-refractivity contribution in [2.24, 2.45) is 14.1 Å². The molecule has 4 N–H and O–H groups in total. The minimum absolute atomic E-state index is 0.0107. The standard InChI is InChI=1S/C32H25F5N4O7S.C32H24F5N3O7S.CH4O/c1-15-39-28(17-6-8-24-25(11-17)48-32(36,37)47-24)29(46-15)20-9-16(18-10-22(33)21(14-42)26(12-18)49(4,44)45)5-7-19(20)23-13-27(40-41(23)3)31(34,35)30(43)38-2;1-15(42)31(34,35)28-13-24(40(3)39-28)20-7-5-17(19-10-23(33)22(14-41)27(12-19)48(4,43)44)9-21(20)30-29(38-16(2)45-30)18-6-8-25-26(11-18)47-32(36,37)46-25;1-2/h5-13,42H,14H2,1-4H3,(H,38,43);5-13,41H,14H2,1-4H3;2H,1H3. The fraction of sp³-hybridized carbons (Fsp3) is 0.231. The van der Waals surface area contributed by atoms with E-state index in [-0.39, 0.29) is 125 Å². The summed E-state index contributed by atoms with van der Waals surface area (Å²) in [5, 5.41) is 36.0. The zero-order valence-electron chi connectivity index (χ0n) is 52.8. The van der Waals surface area contributed by atoms with Gasteiger partial charge in [-0.15, -0.1) is 17.6 Å². The minimum Gasteiger partial charge on any atom is -0.440 e. The van der Waals surface area contributed by atoms with Gasteiger partial charge in [0.25, 0.3) is 5.91 Å². The number of halogens is 10. The van der Waals surface area contributed by atoms with E-state index in [4.69, 9.17) is 13.9 Å². The Morgan fingerprint density at radius 3 is 1.24 bits per heavy atom. The minimum atomic E-state index is -4.01. The monoisotopic (exact) mass is 1430 g/mol. The summed E-state index contributed by atoms with van der Waals surface area (Å²) in [5.74, 6) is -13.7. The Labute approximate surface area is 554 Å². The van der Waals surface area contributed by atoms with Crippen molar-refractivity contribution in [3.63, 3.8) is 0 Å². The maximum absolute atomic E-state index is 15.2. The zero-order valence-corrected chi connectivity index (χ0v) is 54.5. The van der Waals surface area contributed by atoms with Crippen LogP contribution >= 0.6 is 0 Å². The van der Waals surface area contributed by atoms with E-state index >= 15 is 8.78 Å². The van der Waals surface area contributed by atoms with Crippen LogP contribution in [0.25, 0.3) is 89.9 Å². The van der Waals surface area contributed by atoms with Gasteiger partial charge in [0, 0.05) is 106 Å². The van der Waals surface area contributed by atoms with E-state index in [2.05, 4.69) is 39.1 Å². The number of Topliss-reactive ketones (excluding diaryl/α,β-unsaturated/α-hetero) is 1. The molecule has 10 aromatic rings. The molecule has 2 aliphatic rings. The molecule has 0 atom stereocenters. The zero-order chi connectivity index (χ0) is 72.6. The summed E-state index contributed by atoms with van der Waals surface area (Å²) >= 11 is 0. The predicted octanol–water partition coefficient (Wildman–Crippen LogP) is 11.6. The van der Waals surface area contributed by atoms with Crippen molar-refractivity contribution in [3.8, 4) is 113 Å². The molecule has 0 spiro atoms. The van der Waals surface area contributed by atoms with Crippen molar-refractivity contribution in [2.45, 2.75) is 68.2 Å². The van der Waals surface area contributed by atoms with Crippen molar-refractivity contribution in [2.75, 3.05) is 26.7 Å². The Morgan fingerprint density at radius 1 is 0.525 bits per heavy atom. The van der Waals surface area contributed by atoms with E-state index in [1.54, 1.807) is 0 Å². The molecule has 0 saturated carbocycles. The van der Waals surface area contributed by atoms with Crippen molar-refractivity contribution in [1.82, 2.24) is 34.8 Å². The van der Waals surface area contributed by atoms with Gasteiger partial charge in [-0.25, -0.2) is 35.6 Å². The second-order valence-corrected chi connectivity index (χ2v) is 26.1. The Hall–Kier alpha value is -10.4. The summed E-state index contributed by atoms with van der Waals surface area (Å²) in [4.78, 5) is 31.7. The molecule has 0 bridgehead atoms. The van der Waals surface area contributed by atoms with E-state index < -0.39 is 113 Å². The first-order valence-electron chi connectivity index (χ1n) is 28.7. The molecular weight excluding hydrogens is 1370 g/mol. The topological polar surface area (TPSA) is 300 Å². The molecule has 0 fully saturated rings. The highest BCUT2D eigenvalue weighted by Gasteiger charge is 2.47. The number of aliphatic hydroxyl groups excluding tert-OH is 3. The number of nitrogens with zero attached hydrogens (tertiary/aromatic N) is 6. The molecule has 2 aliphatic heterocycles. The average molecular weight is 1430 g/mol. The molecule has 0 aliphatic carbocycles. The number of aryl methyl sites for hydroxylation is 4. The van der Waals surface area contributed by atoms with Crippen LogP contribution in [0, 0.1) is 25.5 Å². The van der Waals surface area contributed by atoms with Gasteiger partial charge in [-0.3, -0.25) is 19.0 Å². The number of likely N-dealkylation sites (N-methyl/N-ethyl adjacent to an activating group) is 1. The molecule has 34 heteroatoms. The van der Waals surface area contributed by atoms with Crippen LogP contribution in [-0.4, -0.2) is 113 Å². The van der Waals surface area contributed by atoms with E-state index in [1.807, 2.05) is 5.32 Å². The number of alkyl halides is 8. The number of ketones is 1. The Balaban J connectivity index is 0.000000209. The van der Waals surface area contributed by atoms with Gasteiger partial charge >= 0.3 is 24.4 Å². The van der Waals surface area contributed by atoms with E-state index in [0.717, 1.165) is 67.2 Å². The van der Waals surface area contributed by atoms with Crippen LogP contribution < -0.4 is 24.3 Å². The third-order valence-corrected chi connectivity index (χ3v) is 17.7. The predicted molar refractivity (Wildman–Crippen MR) is 331 cm³/mol. The molecule has 0 saturated heterocycles. The molecule has 22 nitrogen and oxygen atoms in total. The van der Waals surface area contributed by atoms with Gasteiger partial charge in [-0.05, 0) is 107 Å². The third kappa shape index (κ3) is 13.8. The quantitative estimate of drug-likeness (QED) is 0.0653. The Bertz CT molecular complexity index is 5150. The molecule has 520 valence electrons. The van der Waals surface area contributed by atoms with Gasteiger partial charge in [-0.1, -0.05) is 24.3 Å². The van der Waals surface area contributed by atoms with Gasteiger partial charge in [0.15, 0.2) is 66.0 Å². The first-order valence-corrected chi connectivity index (χ1v) is 32.5. The SMILES string of the molecule is CC(=O)C(F)(F)c1cc(-c2ccc(-c3cc(F)c(CO)c(S(C)(=O)=O)c3)cc2-c2oc(C)nc2-c2ccc3c(c2)OC(F)(F)O3)n(C)n1.CNC(=O)C(F)(F)c1cc(-c2ccc(-c3cc(F)c(CO)c(S(C)(=O)=O)c3)cc2-c2oc(C)nc2-c2ccc3c(c2)OC(F)(F)O3)n(C)n1.CO. The number of carbonyl (C=O) groups is 2. The number of carbonyl (C=O) groups excluding carboxylic acids is 2. The fourth-order valence-corrected chi connectivity index (χ4v) is 12.7. The lowest BCUT2D eigenvalue weighted by Gasteiger charge is -2.14. The Kier molecular flexibility index (Phi) is 18.8. The molecule has 99 heavy (non-hydrogen) atoms. The molecule has 0 unspecified atom stereocenters. The molecule has 6 aromatic carbocycles. The number of sulfone groups is 2. The summed E-state index contributed by atoms with van der Waals surface area (Å²) in [6.07, 6.45) is -6.07. The molecule has 6 heterocycles. The average Bonchev–Trinajstić information content (AvgIpc) is 1.73. The lowest BCUT2D eigenvalue weighted by Crippen LogP contribution is -2.36. The smallest absolute Gasteiger partial charge is 0.440 e. The summed E-state index contributed by atoms with van der Waals surface area (Å²) in [6, 6.07) is 23.0. The Morgan fingerprint density at radius 2 is 0.889 bits per heavy atom. The highest BCUT2D eigenvalue weighted by atomic mass is 32.2. The summed E-state index contributed by atoms with van der Waals surface area (Å²) in [7, 11) is -3.23. The summed E-state index contributed by atoms with van der Waals surface area (Å²) < 4.78 is 227. The largest absolute Gasteiger partial charge is 0.586 e. The van der Waals surface area contributed by atoms with Crippen LogP contribution in [0.4, 0.5) is 43.9 Å². The van der Waals surface area contributed by atoms with Gasteiger partial charge in [0.2, 0.25) is 5.78 Å². The fourth-order valence-electron chi connectivity index (χ4n) is 10.8. The molecule has 12 rings (SSSR count). The third-order valence-electron chi connectivity index (χ3n) is 15.3. The van der Waals surface area contributed by atoms with E-state index in [1.165, 1.54) is 113 Å². The van der Waals surface area contributed by atoms with Gasteiger partial charge in [0.05, 0.1) is 34.4 Å². The number of amides is 1. The lowest BCUT2D eigenvalue weighted by atomic mass is 9.93. The summed E-state index contributed by atoms with van der Waals surface area (Å²) in [6.45, 7) is 1.98. The highest BCUT2D eigenvalue weighted by molar-refractivity contribution is 7.91. The van der Waals surface area contributed by atoms with Gasteiger partial charge in [-0.2, -0.15) is 27.8 Å². The maximum Gasteiger partial charge on any atom is 0.586 e. The van der Waals surface area contributed by atoms with Crippen LogP contribution in [0.15, 0.2) is 128 Å². The van der Waals surface area contributed by atoms with Crippen LogP contribution in [0.2, 0.25) is 0 Å².